The topological polar surface area (TPSA) is 72.9 Å². The Hall–Kier alpha value is -2.08. The molecule has 0 spiro atoms. The number of ether oxygens (including phenoxy) is 1. The normalized spacial score (nSPS) is 16.1. The molecule has 0 radical (unpaired) electrons. The Bertz CT molecular complexity index is 587. The van der Waals surface area contributed by atoms with Gasteiger partial charge in [0.15, 0.2) is 5.65 Å². The maximum atomic E-state index is 12.2. The van der Waals surface area contributed by atoms with Crippen molar-refractivity contribution in [2.75, 3.05) is 32.0 Å². The number of pyridine rings is 1. The number of amides is 1. The lowest BCUT2D eigenvalue weighted by Crippen LogP contribution is -2.40. The molecule has 1 fully saturated rings. The van der Waals surface area contributed by atoms with Crippen LogP contribution in [0, 0.1) is 0 Å². The van der Waals surface area contributed by atoms with Crippen LogP contribution < -0.4 is 5.73 Å². The molecule has 0 aliphatic carbocycles. The van der Waals surface area contributed by atoms with Gasteiger partial charge < -0.3 is 19.8 Å². The molecule has 1 aliphatic rings. The molecule has 2 N–H and O–H groups in total. The van der Waals surface area contributed by atoms with Crippen molar-refractivity contribution in [2.45, 2.75) is 0 Å². The van der Waals surface area contributed by atoms with Crippen molar-refractivity contribution in [2.24, 2.45) is 0 Å². The van der Waals surface area contributed by atoms with E-state index in [0.717, 1.165) is 0 Å². The number of nitrogen functional groups attached to an aromatic ring is 1. The molecule has 0 bridgehead atoms. The first-order chi connectivity index (χ1) is 8.75. The SMILES string of the molecule is Nc1cccn2cc(C(=O)N3CCOCC3)nc12. The third-order valence-corrected chi connectivity index (χ3v) is 3.03. The monoisotopic (exact) mass is 246 g/mol. The van der Waals surface area contributed by atoms with Gasteiger partial charge in [0.05, 0.1) is 18.9 Å². The number of carbonyl (C=O) groups excluding carboxylic acids is 1. The second-order valence-corrected chi connectivity index (χ2v) is 4.23. The van der Waals surface area contributed by atoms with Gasteiger partial charge in [-0.05, 0) is 12.1 Å². The number of fused-ring (bicyclic) bond motifs is 1. The van der Waals surface area contributed by atoms with E-state index in [0.29, 0.717) is 43.3 Å². The highest BCUT2D eigenvalue weighted by Crippen LogP contribution is 2.14. The number of carbonyl (C=O) groups is 1. The van der Waals surface area contributed by atoms with Gasteiger partial charge in [-0.25, -0.2) is 4.98 Å². The lowest BCUT2D eigenvalue weighted by atomic mass is 10.3. The van der Waals surface area contributed by atoms with E-state index in [4.69, 9.17) is 10.5 Å². The van der Waals surface area contributed by atoms with Crippen molar-refractivity contribution in [3.8, 4) is 0 Å². The van der Waals surface area contributed by atoms with Gasteiger partial charge in [-0.3, -0.25) is 4.79 Å². The molecule has 0 aromatic carbocycles. The summed E-state index contributed by atoms with van der Waals surface area (Å²) in [7, 11) is 0. The fraction of sp³-hybridized carbons (Fsp3) is 0.333. The number of hydrogen-bond donors (Lipinski definition) is 1. The van der Waals surface area contributed by atoms with E-state index in [-0.39, 0.29) is 5.91 Å². The van der Waals surface area contributed by atoms with Gasteiger partial charge >= 0.3 is 0 Å². The minimum atomic E-state index is -0.0681. The first kappa shape index (κ1) is 11.0. The Kier molecular flexibility index (Phi) is 2.64. The van der Waals surface area contributed by atoms with Crippen LogP contribution in [0.1, 0.15) is 10.5 Å². The summed E-state index contributed by atoms with van der Waals surface area (Å²) >= 11 is 0. The van der Waals surface area contributed by atoms with Crippen molar-refractivity contribution in [3.05, 3.63) is 30.2 Å². The highest BCUT2D eigenvalue weighted by molar-refractivity contribution is 5.93. The molecule has 18 heavy (non-hydrogen) atoms. The first-order valence-corrected chi connectivity index (χ1v) is 5.86. The van der Waals surface area contributed by atoms with Crippen LogP contribution in [-0.4, -0.2) is 46.5 Å². The van der Waals surface area contributed by atoms with Crippen molar-refractivity contribution in [3.63, 3.8) is 0 Å². The number of aromatic nitrogens is 2. The summed E-state index contributed by atoms with van der Waals surface area (Å²) in [6, 6.07) is 3.60. The van der Waals surface area contributed by atoms with Crippen LogP contribution in [0.5, 0.6) is 0 Å². The van der Waals surface area contributed by atoms with E-state index in [1.54, 1.807) is 21.6 Å². The van der Waals surface area contributed by atoms with Crippen LogP contribution in [0.25, 0.3) is 5.65 Å². The third-order valence-electron chi connectivity index (χ3n) is 3.03. The minimum absolute atomic E-state index is 0.0681. The van der Waals surface area contributed by atoms with Gasteiger partial charge in [-0.15, -0.1) is 0 Å². The van der Waals surface area contributed by atoms with Crippen molar-refractivity contribution < 1.29 is 9.53 Å². The van der Waals surface area contributed by atoms with Gasteiger partial charge in [-0.2, -0.15) is 0 Å². The number of rotatable bonds is 1. The molecule has 2 aromatic rings. The van der Waals surface area contributed by atoms with Crippen molar-refractivity contribution in [1.82, 2.24) is 14.3 Å². The summed E-state index contributed by atoms with van der Waals surface area (Å²) in [4.78, 5) is 18.3. The van der Waals surface area contributed by atoms with Gasteiger partial charge in [0, 0.05) is 25.5 Å². The van der Waals surface area contributed by atoms with Crippen molar-refractivity contribution >= 4 is 17.2 Å². The van der Waals surface area contributed by atoms with E-state index in [2.05, 4.69) is 4.98 Å². The third kappa shape index (κ3) is 1.80. The maximum Gasteiger partial charge on any atom is 0.274 e. The number of imidazole rings is 1. The Morgan fingerprint density at radius 1 is 1.39 bits per heavy atom. The molecular weight excluding hydrogens is 232 g/mol. The van der Waals surface area contributed by atoms with Gasteiger partial charge in [-0.1, -0.05) is 0 Å². The van der Waals surface area contributed by atoms with Crippen LogP contribution in [0.15, 0.2) is 24.5 Å². The van der Waals surface area contributed by atoms with Gasteiger partial charge in [0.1, 0.15) is 5.69 Å². The maximum absolute atomic E-state index is 12.2. The zero-order valence-electron chi connectivity index (χ0n) is 9.87. The fourth-order valence-corrected chi connectivity index (χ4v) is 2.07. The smallest absolute Gasteiger partial charge is 0.274 e. The molecule has 94 valence electrons. The lowest BCUT2D eigenvalue weighted by molar-refractivity contribution is 0.0299. The average molecular weight is 246 g/mol. The Balaban J connectivity index is 1.94. The number of anilines is 1. The van der Waals surface area contributed by atoms with Crippen LogP contribution in [0.4, 0.5) is 5.69 Å². The van der Waals surface area contributed by atoms with E-state index in [9.17, 15) is 4.79 Å². The highest BCUT2D eigenvalue weighted by Gasteiger charge is 2.21. The zero-order valence-corrected chi connectivity index (χ0v) is 9.87. The predicted molar refractivity (Wildman–Crippen MR) is 66.3 cm³/mol. The molecule has 1 amide bonds. The quantitative estimate of drug-likeness (QED) is 0.790. The standard InChI is InChI=1S/C12H14N4O2/c13-9-2-1-3-16-8-10(14-11(9)16)12(17)15-4-6-18-7-5-15/h1-3,8H,4-7,13H2. The second kappa shape index (κ2) is 4.30. The second-order valence-electron chi connectivity index (χ2n) is 4.23. The molecule has 3 rings (SSSR count). The van der Waals surface area contributed by atoms with Gasteiger partial charge in [0.2, 0.25) is 0 Å². The molecule has 3 heterocycles. The lowest BCUT2D eigenvalue weighted by Gasteiger charge is -2.25. The Labute approximate surface area is 104 Å². The van der Waals surface area contributed by atoms with E-state index < -0.39 is 0 Å². The number of nitrogens with zero attached hydrogens (tertiary/aromatic N) is 3. The fourth-order valence-electron chi connectivity index (χ4n) is 2.07. The molecule has 6 heteroatoms. The van der Waals surface area contributed by atoms with Crippen molar-refractivity contribution in [1.29, 1.82) is 0 Å². The number of nitrogens with two attached hydrogens (primary N) is 1. The molecule has 0 saturated carbocycles. The summed E-state index contributed by atoms with van der Waals surface area (Å²) in [5.41, 5.74) is 7.43. The zero-order chi connectivity index (χ0) is 12.5. The summed E-state index contributed by atoms with van der Waals surface area (Å²) in [5.74, 6) is -0.0681. The van der Waals surface area contributed by atoms with Crippen LogP contribution >= 0.6 is 0 Å². The van der Waals surface area contributed by atoms with E-state index in [1.165, 1.54) is 0 Å². The molecule has 0 unspecified atom stereocenters. The molecule has 1 saturated heterocycles. The van der Waals surface area contributed by atoms with Crippen LogP contribution in [0.2, 0.25) is 0 Å². The summed E-state index contributed by atoms with van der Waals surface area (Å²) in [6.45, 7) is 2.40. The van der Waals surface area contributed by atoms with E-state index in [1.807, 2.05) is 12.3 Å². The minimum Gasteiger partial charge on any atom is -0.396 e. The Morgan fingerprint density at radius 2 is 2.17 bits per heavy atom. The molecule has 2 aromatic heterocycles. The summed E-state index contributed by atoms with van der Waals surface area (Å²) in [6.07, 6.45) is 3.54. The summed E-state index contributed by atoms with van der Waals surface area (Å²) in [5, 5.41) is 0. The van der Waals surface area contributed by atoms with E-state index >= 15 is 0 Å². The molecular formula is C12H14N4O2. The number of morpholine rings is 1. The van der Waals surface area contributed by atoms with Gasteiger partial charge in [0.25, 0.3) is 5.91 Å². The molecule has 6 nitrogen and oxygen atoms in total. The van der Waals surface area contributed by atoms with Crippen LogP contribution in [-0.2, 0) is 4.74 Å². The average Bonchev–Trinajstić information content (AvgIpc) is 2.84. The summed E-state index contributed by atoms with van der Waals surface area (Å²) < 4.78 is 6.99. The first-order valence-electron chi connectivity index (χ1n) is 5.86. The largest absolute Gasteiger partial charge is 0.396 e. The Morgan fingerprint density at radius 3 is 2.89 bits per heavy atom. The number of hydrogen-bond acceptors (Lipinski definition) is 4. The highest BCUT2D eigenvalue weighted by atomic mass is 16.5. The molecule has 1 aliphatic heterocycles. The predicted octanol–water partition coefficient (Wildman–Crippen LogP) is 0.389. The molecule has 0 atom stereocenters. The van der Waals surface area contributed by atoms with Crippen LogP contribution in [0.3, 0.4) is 0 Å².